The van der Waals surface area contributed by atoms with Crippen molar-refractivity contribution in [3.05, 3.63) is 51.7 Å². The van der Waals surface area contributed by atoms with Crippen LogP contribution >= 0.6 is 11.3 Å². The van der Waals surface area contributed by atoms with Crippen LogP contribution in [0, 0.1) is 0 Å². The van der Waals surface area contributed by atoms with E-state index < -0.39 is 0 Å². The molecule has 1 amide bonds. The molecule has 1 aromatic carbocycles. The van der Waals surface area contributed by atoms with Crippen molar-refractivity contribution < 1.29 is 14.3 Å². The van der Waals surface area contributed by atoms with E-state index in [2.05, 4.69) is 5.32 Å². The molecule has 1 aliphatic rings. The highest BCUT2D eigenvalue weighted by atomic mass is 32.1. The lowest BCUT2D eigenvalue weighted by Gasteiger charge is -2.36. The molecule has 1 N–H and O–H groups in total. The SMILES string of the molecule is COc1ccccc1C1CNCCN1C(=O)c1ccc(C(C)=O)s1. The first-order chi connectivity index (χ1) is 11.6. The molecule has 1 unspecified atom stereocenters. The van der Waals surface area contributed by atoms with Gasteiger partial charge in [0, 0.05) is 25.2 Å². The monoisotopic (exact) mass is 344 g/mol. The Hall–Kier alpha value is -2.18. The zero-order valence-electron chi connectivity index (χ0n) is 13.7. The number of benzene rings is 1. The Morgan fingerprint density at radius 2 is 1.96 bits per heavy atom. The van der Waals surface area contributed by atoms with Crippen LogP contribution < -0.4 is 10.1 Å². The summed E-state index contributed by atoms with van der Waals surface area (Å²) >= 11 is 1.26. The van der Waals surface area contributed by atoms with E-state index in [1.165, 1.54) is 18.3 Å². The maximum Gasteiger partial charge on any atom is 0.264 e. The van der Waals surface area contributed by atoms with Crippen molar-refractivity contribution >= 4 is 23.0 Å². The van der Waals surface area contributed by atoms with Gasteiger partial charge in [-0.15, -0.1) is 11.3 Å². The second kappa shape index (κ2) is 7.15. The van der Waals surface area contributed by atoms with Gasteiger partial charge in [0.05, 0.1) is 22.9 Å². The predicted octanol–water partition coefficient (Wildman–Crippen LogP) is 2.75. The summed E-state index contributed by atoms with van der Waals surface area (Å²) in [4.78, 5) is 27.5. The molecule has 1 fully saturated rings. The molecule has 0 aliphatic carbocycles. The van der Waals surface area contributed by atoms with Crippen molar-refractivity contribution in [2.45, 2.75) is 13.0 Å². The molecule has 1 aliphatic heterocycles. The van der Waals surface area contributed by atoms with Gasteiger partial charge in [0.1, 0.15) is 5.75 Å². The smallest absolute Gasteiger partial charge is 0.264 e. The number of Topliss-reactive ketones (excluding diaryl/α,β-unsaturated/α-hetero) is 1. The molecule has 0 bridgehead atoms. The fraction of sp³-hybridized carbons (Fsp3) is 0.333. The summed E-state index contributed by atoms with van der Waals surface area (Å²) in [5, 5.41) is 3.34. The molecule has 1 aromatic heterocycles. The first kappa shape index (κ1) is 16.7. The fourth-order valence-corrected chi connectivity index (χ4v) is 3.81. The minimum atomic E-state index is -0.0923. The Balaban J connectivity index is 1.91. The first-order valence-electron chi connectivity index (χ1n) is 7.87. The second-order valence-corrected chi connectivity index (χ2v) is 6.76. The summed E-state index contributed by atoms with van der Waals surface area (Å²) in [5.41, 5.74) is 0.990. The summed E-state index contributed by atoms with van der Waals surface area (Å²) in [6, 6.07) is 11.1. The van der Waals surface area contributed by atoms with E-state index in [4.69, 9.17) is 4.74 Å². The molecule has 0 radical (unpaired) electrons. The van der Waals surface area contributed by atoms with Crippen molar-refractivity contribution in [2.75, 3.05) is 26.7 Å². The zero-order valence-corrected chi connectivity index (χ0v) is 14.6. The number of thiophene rings is 1. The molecule has 126 valence electrons. The van der Waals surface area contributed by atoms with Gasteiger partial charge in [-0.25, -0.2) is 0 Å². The average Bonchev–Trinajstić information content (AvgIpc) is 3.11. The molecule has 0 spiro atoms. The largest absolute Gasteiger partial charge is 0.496 e. The van der Waals surface area contributed by atoms with Crippen LogP contribution in [0.25, 0.3) is 0 Å². The van der Waals surface area contributed by atoms with Crippen LogP contribution in [0.5, 0.6) is 5.75 Å². The molecule has 3 rings (SSSR count). The van der Waals surface area contributed by atoms with Gasteiger partial charge in [-0.3, -0.25) is 9.59 Å². The maximum absolute atomic E-state index is 13.0. The highest BCUT2D eigenvalue weighted by molar-refractivity contribution is 7.15. The number of piperazine rings is 1. The molecule has 0 saturated carbocycles. The van der Waals surface area contributed by atoms with Crippen LogP contribution in [0.3, 0.4) is 0 Å². The van der Waals surface area contributed by atoms with E-state index in [1.54, 1.807) is 19.2 Å². The number of ether oxygens (including phenoxy) is 1. The van der Waals surface area contributed by atoms with Crippen LogP contribution in [-0.2, 0) is 0 Å². The normalized spacial score (nSPS) is 17.6. The molecule has 1 saturated heterocycles. The Labute approximate surface area is 145 Å². The Morgan fingerprint density at radius 3 is 2.67 bits per heavy atom. The molecule has 1 atom stereocenters. The number of amides is 1. The van der Waals surface area contributed by atoms with Gasteiger partial charge in [0.25, 0.3) is 5.91 Å². The number of rotatable bonds is 4. The Bertz CT molecular complexity index is 756. The number of methoxy groups -OCH3 is 1. The third kappa shape index (κ3) is 3.20. The summed E-state index contributed by atoms with van der Waals surface area (Å²) < 4.78 is 5.46. The van der Waals surface area contributed by atoms with Crippen molar-refractivity contribution in [3.63, 3.8) is 0 Å². The summed E-state index contributed by atoms with van der Waals surface area (Å²) in [5.74, 6) is 0.727. The maximum atomic E-state index is 13.0. The third-order valence-corrected chi connectivity index (χ3v) is 5.34. The van der Waals surface area contributed by atoms with Crippen LogP contribution in [0.15, 0.2) is 36.4 Å². The highest BCUT2D eigenvalue weighted by Crippen LogP contribution is 2.32. The van der Waals surface area contributed by atoms with E-state index >= 15 is 0 Å². The van der Waals surface area contributed by atoms with Crippen LogP contribution in [0.1, 0.15) is 37.9 Å². The van der Waals surface area contributed by atoms with Crippen molar-refractivity contribution in [1.82, 2.24) is 10.2 Å². The van der Waals surface area contributed by atoms with Gasteiger partial charge in [-0.1, -0.05) is 18.2 Å². The zero-order chi connectivity index (χ0) is 17.1. The predicted molar refractivity (Wildman–Crippen MR) is 94.0 cm³/mol. The van der Waals surface area contributed by atoms with Crippen molar-refractivity contribution in [2.24, 2.45) is 0 Å². The van der Waals surface area contributed by atoms with Gasteiger partial charge in [0.15, 0.2) is 5.78 Å². The molecule has 5 nitrogen and oxygen atoms in total. The van der Waals surface area contributed by atoms with Gasteiger partial charge in [-0.2, -0.15) is 0 Å². The summed E-state index contributed by atoms with van der Waals surface area (Å²) in [6.45, 7) is 3.57. The van der Waals surface area contributed by atoms with Gasteiger partial charge in [-0.05, 0) is 25.1 Å². The Morgan fingerprint density at radius 1 is 1.21 bits per heavy atom. The van der Waals surface area contributed by atoms with Crippen molar-refractivity contribution in [3.8, 4) is 5.75 Å². The standard InChI is InChI=1S/C18H20N2O3S/c1-12(21)16-7-8-17(24-16)18(22)20-10-9-19-11-14(20)13-5-3-4-6-15(13)23-2/h3-8,14,19H,9-11H2,1-2H3. The van der Waals surface area contributed by atoms with Crippen LogP contribution in [0.2, 0.25) is 0 Å². The molecule has 24 heavy (non-hydrogen) atoms. The van der Waals surface area contributed by atoms with Gasteiger partial charge >= 0.3 is 0 Å². The molecule has 6 heteroatoms. The first-order valence-corrected chi connectivity index (χ1v) is 8.69. The number of ketones is 1. The van der Waals surface area contributed by atoms with Crippen molar-refractivity contribution in [1.29, 1.82) is 0 Å². The van der Waals surface area contributed by atoms with Crippen LogP contribution in [-0.4, -0.2) is 43.3 Å². The number of carbonyl (C=O) groups is 2. The van der Waals surface area contributed by atoms with E-state index in [0.717, 1.165) is 17.9 Å². The summed E-state index contributed by atoms with van der Waals surface area (Å²) in [7, 11) is 1.64. The molecular weight excluding hydrogens is 324 g/mol. The number of carbonyl (C=O) groups excluding carboxylic acids is 2. The number of nitrogens with one attached hydrogen (secondary N) is 1. The van der Waals surface area contributed by atoms with E-state index in [0.29, 0.717) is 22.8 Å². The van der Waals surface area contributed by atoms with Gasteiger partial charge in [0.2, 0.25) is 0 Å². The quantitative estimate of drug-likeness (QED) is 0.867. The minimum Gasteiger partial charge on any atom is -0.496 e. The van der Waals surface area contributed by atoms with E-state index in [1.807, 2.05) is 29.2 Å². The number of hydrogen-bond acceptors (Lipinski definition) is 5. The van der Waals surface area contributed by atoms with E-state index in [9.17, 15) is 9.59 Å². The molecule has 2 aromatic rings. The number of para-hydroxylation sites is 1. The fourth-order valence-electron chi connectivity index (χ4n) is 2.95. The lowest BCUT2D eigenvalue weighted by molar-refractivity contribution is 0.0636. The van der Waals surface area contributed by atoms with Gasteiger partial charge < -0.3 is 15.0 Å². The lowest BCUT2D eigenvalue weighted by Crippen LogP contribution is -2.48. The van der Waals surface area contributed by atoms with E-state index in [-0.39, 0.29) is 17.7 Å². The number of nitrogens with zero attached hydrogens (tertiary/aromatic N) is 1. The van der Waals surface area contributed by atoms with Crippen LogP contribution in [0.4, 0.5) is 0 Å². The second-order valence-electron chi connectivity index (χ2n) is 5.68. The summed E-state index contributed by atoms with van der Waals surface area (Å²) in [6.07, 6.45) is 0. The lowest BCUT2D eigenvalue weighted by atomic mass is 10.0. The topological polar surface area (TPSA) is 58.6 Å². The number of hydrogen-bond donors (Lipinski definition) is 1. The average molecular weight is 344 g/mol. The molecular formula is C18H20N2O3S. The Kier molecular flexibility index (Phi) is 4.97. The molecule has 2 heterocycles. The minimum absolute atomic E-state index is 0.0133. The highest BCUT2D eigenvalue weighted by Gasteiger charge is 2.31. The third-order valence-electron chi connectivity index (χ3n) is 4.17.